The Morgan fingerprint density at radius 3 is 2.57 bits per heavy atom. The van der Waals surface area contributed by atoms with Crippen molar-refractivity contribution in [1.29, 1.82) is 5.26 Å². The Balaban J connectivity index is 1.64. The third-order valence-corrected chi connectivity index (χ3v) is 5.80. The van der Waals surface area contributed by atoms with Gasteiger partial charge in [0, 0.05) is 33.1 Å². The predicted octanol–water partition coefficient (Wildman–Crippen LogP) is 4.95. The highest BCUT2D eigenvalue weighted by molar-refractivity contribution is 7.99. The summed E-state index contributed by atoms with van der Waals surface area (Å²) in [6.45, 7) is 0. The maximum atomic E-state index is 13.2. The lowest BCUT2D eigenvalue weighted by molar-refractivity contribution is -0.384. The number of aromatic nitrogens is 2. The normalized spacial score (nSPS) is 10.7. The zero-order valence-electron chi connectivity index (χ0n) is 17.8. The van der Waals surface area contributed by atoms with E-state index in [2.05, 4.69) is 20.5 Å². The molecule has 0 amide bonds. The number of hydrogen-bond donors (Lipinski definition) is 2. The summed E-state index contributed by atoms with van der Waals surface area (Å²) >= 11 is 1.28. The summed E-state index contributed by atoms with van der Waals surface area (Å²) < 4.78 is 13.2. The largest absolute Gasteiger partial charge is 0.290 e. The van der Waals surface area contributed by atoms with Crippen LogP contribution in [0.1, 0.15) is 11.1 Å². The Bertz CT molecular complexity index is 1520. The van der Waals surface area contributed by atoms with E-state index in [9.17, 15) is 24.6 Å². The van der Waals surface area contributed by atoms with Gasteiger partial charge in [0.15, 0.2) is 0 Å². The molecule has 172 valence electrons. The fourth-order valence-electron chi connectivity index (χ4n) is 3.07. The van der Waals surface area contributed by atoms with Crippen molar-refractivity contribution in [2.45, 2.75) is 9.79 Å². The van der Waals surface area contributed by atoms with Gasteiger partial charge in [-0.25, -0.2) is 14.8 Å². The van der Waals surface area contributed by atoms with Crippen LogP contribution in [-0.4, -0.2) is 21.1 Å². The molecule has 0 aliphatic heterocycles. The molecule has 9 nitrogen and oxygen atoms in total. The molecule has 11 heteroatoms. The van der Waals surface area contributed by atoms with E-state index >= 15 is 0 Å². The number of nitro benzene ring substituents is 1. The molecule has 0 fully saturated rings. The Morgan fingerprint density at radius 2 is 1.89 bits per heavy atom. The fraction of sp³-hybridized carbons (Fsp3) is 0. The molecule has 0 aliphatic carbocycles. The van der Waals surface area contributed by atoms with Crippen molar-refractivity contribution in [3.05, 3.63) is 110 Å². The van der Waals surface area contributed by atoms with Gasteiger partial charge in [0.25, 0.3) is 11.2 Å². The molecule has 0 unspecified atom stereocenters. The van der Waals surface area contributed by atoms with Crippen LogP contribution in [0.25, 0.3) is 11.3 Å². The van der Waals surface area contributed by atoms with Crippen molar-refractivity contribution in [2.24, 2.45) is 5.10 Å². The predicted molar refractivity (Wildman–Crippen MR) is 130 cm³/mol. The monoisotopic (exact) mass is 486 g/mol. The summed E-state index contributed by atoms with van der Waals surface area (Å²) in [5.74, 6) is -0.384. The van der Waals surface area contributed by atoms with Crippen molar-refractivity contribution in [3.63, 3.8) is 0 Å². The van der Waals surface area contributed by atoms with E-state index in [-0.39, 0.29) is 28.7 Å². The van der Waals surface area contributed by atoms with E-state index in [1.54, 1.807) is 48.5 Å². The highest BCUT2D eigenvalue weighted by Crippen LogP contribution is 2.32. The number of nitrogens with one attached hydrogen (secondary N) is 2. The quantitative estimate of drug-likeness (QED) is 0.214. The topological polar surface area (TPSA) is 137 Å². The summed E-state index contributed by atoms with van der Waals surface area (Å²) in [6, 6.07) is 20.7. The SMILES string of the molecule is N#Cc1c(-c2ccccc2)nc(NN=Cc2cc([N+](=O)[O-])ccc2Sc2ccc(F)cc2)[nH]c1=O. The number of rotatable bonds is 7. The molecule has 1 heterocycles. The van der Waals surface area contributed by atoms with Crippen LogP contribution >= 0.6 is 11.8 Å². The van der Waals surface area contributed by atoms with Gasteiger partial charge in [0.05, 0.1) is 16.8 Å². The van der Waals surface area contributed by atoms with Gasteiger partial charge in [0.1, 0.15) is 17.4 Å². The highest BCUT2D eigenvalue weighted by Gasteiger charge is 2.14. The zero-order valence-corrected chi connectivity index (χ0v) is 18.6. The second-order valence-electron chi connectivity index (χ2n) is 7.02. The molecule has 2 N–H and O–H groups in total. The number of benzene rings is 3. The number of nitriles is 1. The van der Waals surface area contributed by atoms with E-state index in [4.69, 9.17) is 0 Å². The summed E-state index contributed by atoms with van der Waals surface area (Å²) in [6.07, 6.45) is 1.35. The molecular weight excluding hydrogens is 471 g/mol. The van der Waals surface area contributed by atoms with Crippen molar-refractivity contribution in [2.75, 3.05) is 5.43 Å². The third-order valence-electron chi connectivity index (χ3n) is 4.70. The first kappa shape index (κ1) is 23.3. The van der Waals surface area contributed by atoms with E-state index in [0.29, 0.717) is 16.0 Å². The number of halogens is 1. The molecule has 1 aromatic heterocycles. The number of aromatic amines is 1. The molecule has 0 atom stereocenters. The molecule has 0 saturated carbocycles. The van der Waals surface area contributed by atoms with Crippen LogP contribution in [0.2, 0.25) is 0 Å². The summed E-state index contributed by atoms with van der Waals surface area (Å²) in [5, 5.41) is 24.7. The third kappa shape index (κ3) is 5.58. The molecular formula is C24H15FN6O3S. The van der Waals surface area contributed by atoms with Crippen molar-refractivity contribution >= 4 is 29.6 Å². The van der Waals surface area contributed by atoms with E-state index in [0.717, 1.165) is 4.90 Å². The van der Waals surface area contributed by atoms with E-state index < -0.39 is 10.5 Å². The number of H-pyrrole nitrogens is 1. The Morgan fingerprint density at radius 1 is 1.14 bits per heavy atom. The number of non-ortho nitro benzene ring substituents is 1. The maximum Gasteiger partial charge on any atom is 0.270 e. The molecule has 3 aromatic carbocycles. The minimum Gasteiger partial charge on any atom is -0.290 e. The van der Waals surface area contributed by atoms with E-state index in [1.165, 1.54) is 42.2 Å². The second-order valence-corrected chi connectivity index (χ2v) is 8.14. The maximum absolute atomic E-state index is 13.2. The Kier molecular flexibility index (Phi) is 6.94. The molecule has 0 radical (unpaired) electrons. The van der Waals surface area contributed by atoms with Crippen LogP contribution in [0, 0.1) is 27.3 Å². The van der Waals surface area contributed by atoms with Crippen molar-refractivity contribution in [1.82, 2.24) is 9.97 Å². The lowest BCUT2D eigenvalue weighted by atomic mass is 10.1. The summed E-state index contributed by atoms with van der Waals surface area (Å²) in [4.78, 5) is 31.2. The molecule has 4 rings (SSSR count). The van der Waals surface area contributed by atoms with Gasteiger partial charge >= 0.3 is 0 Å². The number of nitrogens with zero attached hydrogens (tertiary/aromatic N) is 4. The van der Waals surface area contributed by atoms with Gasteiger partial charge in [-0.15, -0.1) is 0 Å². The van der Waals surface area contributed by atoms with Gasteiger partial charge < -0.3 is 0 Å². The number of nitro groups is 1. The van der Waals surface area contributed by atoms with Gasteiger partial charge in [-0.05, 0) is 30.3 Å². The van der Waals surface area contributed by atoms with Crippen LogP contribution in [0.5, 0.6) is 0 Å². The Labute approximate surface area is 202 Å². The molecule has 0 bridgehead atoms. The van der Waals surface area contributed by atoms with Gasteiger partial charge in [0.2, 0.25) is 5.95 Å². The van der Waals surface area contributed by atoms with Crippen molar-refractivity contribution in [3.8, 4) is 17.3 Å². The molecule has 0 aliphatic rings. The molecule has 4 aromatic rings. The lowest BCUT2D eigenvalue weighted by Crippen LogP contribution is -2.16. The summed E-state index contributed by atoms with van der Waals surface area (Å²) in [5.41, 5.74) is 2.89. The first-order chi connectivity index (χ1) is 16.9. The van der Waals surface area contributed by atoms with Gasteiger partial charge in [-0.2, -0.15) is 10.4 Å². The number of anilines is 1. The van der Waals surface area contributed by atoms with Crippen LogP contribution in [0.4, 0.5) is 16.0 Å². The molecule has 0 spiro atoms. The molecule has 35 heavy (non-hydrogen) atoms. The smallest absolute Gasteiger partial charge is 0.270 e. The first-order valence-corrected chi connectivity index (χ1v) is 10.9. The molecule has 0 saturated heterocycles. The summed E-state index contributed by atoms with van der Waals surface area (Å²) in [7, 11) is 0. The van der Waals surface area contributed by atoms with Gasteiger partial charge in [-0.3, -0.25) is 19.9 Å². The van der Waals surface area contributed by atoms with Crippen LogP contribution in [0.15, 0.2) is 92.5 Å². The average molecular weight is 486 g/mol. The highest BCUT2D eigenvalue weighted by atomic mass is 32.2. The van der Waals surface area contributed by atoms with Gasteiger partial charge in [-0.1, -0.05) is 42.1 Å². The number of hydrazone groups is 1. The lowest BCUT2D eigenvalue weighted by Gasteiger charge is -2.07. The van der Waals surface area contributed by atoms with E-state index in [1.807, 2.05) is 6.07 Å². The van der Waals surface area contributed by atoms with Crippen LogP contribution in [0.3, 0.4) is 0 Å². The minimum absolute atomic E-state index is 0.0118. The minimum atomic E-state index is -0.637. The zero-order chi connectivity index (χ0) is 24.8. The number of hydrogen-bond acceptors (Lipinski definition) is 8. The average Bonchev–Trinajstić information content (AvgIpc) is 2.86. The Hall–Kier alpha value is -4.82. The fourth-order valence-corrected chi connectivity index (χ4v) is 3.96. The first-order valence-electron chi connectivity index (χ1n) is 10.1. The second kappa shape index (κ2) is 10.4. The van der Waals surface area contributed by atoms with Crippen LogP contribution in [-0.2, 0) is 0 Å². The van der Waals surface area contributed by atoms with Crippen LogP contribution < -0.4 is 11.0 Å². The van der Waals surface area contributed by atoms with Crippen molar-refractivity contribution < 1.29 is 9.31 Å². The standard InChI is InChI=1S/C24H15FN6O3S/c25-17-6-9-19(10-7-17)35-21-11-8-18(31(33)34)12-16(21)14-27-30-24-28-22(15-4-2-1-3-5-15)20(13-26)23(32)29-24/h1-12,14H,(H2,28,29,30,32).